The molecule has 2 atom stereocenters. The van der Waals surface area contributed by atoms with Gasteiger partial charge in [0, 0.05) is 24.2 Å². The second-order valence-corrected chi connectivity index (χ2v) is 12.6. The Hall–Kier alpha value is -3.52. The van der Waals surface area contributed by atoms with Gasteiger partial charge in [0.15, 0.2) is 0 Å². The van der Waals surface area contributed by atoms with E-state index in [9.17, 15) is 9.59 Å². The average molecular weight is 559 g/mol. The monoisotopic (exact) mass is 558 g/mol. The number of carbonyl (C=O) groups is 2. The third-order valence-electron chi connectivity index (χ3n) is 9.60. The molecule has 5 rings (SSSR count). The zero-order valence-corrected chi connectivity index (χ0v) is 25.3. The Morgan fingerprint density at radius 3 is 2.14 bits per heavy atom. The van der Waals surface area contributed by atoms with E-state index in [-0.39, 0.29) is 11.8 Å². The SMILES string of the molecule is C=C1CCC[C@H]1C(=O)C(C)c1ccc(C/C=C(/Cc2ccc(CCC(=O)C3CCCCC3)cc2)c2ccccc2)cc1. The van der Waals surface area contributed by atoms with E-state index in [0.717, 1.165) is 62.5 Å². The van der Waals surface area contributed by atoms with Crippen LogP contribution in [-0.2, 0) is 28.9 Å². The highest BCUT2D eigenvalue weighted by molar-refractivity contribution is 5.90. The minimum absolute atomic E-state index is 0.0362. The summed E-state index contributed by atoms with van der Waals surface area (Å²) < 4.78 is 0. The van der Waals surface area contributed by atoms with Gasteiger partial charge in [0.25, 0.3) is 0 Å². The van der Waals surface area contributed by atoms with Gasteiger partial charge in [0.05, 0.1) is 0 Å². The van der Waals surface area contributed by atoms with E-state index in [0.29, 0.717) is 23.9 Å². The number of Topliss-reactive ketones (excluding diaryl/α,β-unsaturated/α-hetero) is 2. The molecule has 2 saturated carbocycles. The fourth-order valence-electron chi connectivity index (χ4n) is 6.79. The highest BCUT2D eigenvalue weighted by Crippen LogP contribution is 2.34. The molecule has 0 N–H and O–H groups in total. The van der Waals surface area contributed by atoms with Gasteiger partial charge in [-0.25, -0.2) is 0 Å². The fraction of sp³-hybridized carbons (Fsp3) is 0.400. The third kappa shape index (κ3) is 7.85. The molecule has 2 aliphatic carbocycles. The maximum Gasteiger partial charge on any atom is 0.147 e. The van der Waals surface area contributed by atoms with Gasteiger partial charge in [-0.1, -0.05) is 123 Å². The lowest BCUT2D eigenvalue weighted by atomic mass is 9.84. The second kappa shape index (κ2) is 14.6. The van der Waals surface area contributed by atoms with Crippen LogP contribution in [0.4, 0.5) is 0 Å². The summed E-state index contributed by atoms with van der Waals surface area (Å²) in [6.07, 6.45) is 14.5. The Labute approximate surface area is 253 Å². The first-order chi connectivity index (χ1) is 20.5. The molecule has 2 fully saturated rings. The normalized spacial score (nSPS) is 18.6. The Bertz CT molecular complexity index is 1370. The molecule has 0 heterocycles. The predicted molar refractivity (Wildman–Crippen MR) is 175 cm³/mol. The minimum Gasteiger partial charge on any atom is -0.299 e. The summed E-state index contributed by atoms with van der Waals surface area (Å²) in [4.78, 5) is 25.7. The van der Waals surface area contributed by atoms with Gasteiger partial charge in [0.2, 0.25) is 0 Å². The Balaban J connectivity index is 1.21. The van der Waals surface area contributed by atoms with Gasteiger partial charge in [-0.05, 0) is 84.8 Å². The Kier molecular flexibility index (Phi) is 10.4. The molecule has 1 unspecified atom stereocenters. The molecular weight excluding hydrogens is 512 g/mol. The molecule has 2 nitrogen and oxygen atoms in total. The zero-order chi connectivity index (χ0) is 29.3. The molecule has 0 amide bonds. The topological polar surface area (TPSA) is 34.1 Å². The van der Waals surface area contributed by atoms with Gasteiger partial charge in [0.1, 0.15) is 11.6 Å². The van der Waals surface area contributed by atoms with Crippen LogP contribution < -0.4 is 0 Å². The van der Waals surface area contributed by atoms with Crippen molar-refractivity contribution in [1.82, 2.24) is 0 Å². The highest BCUT2D eigenvalue weighted by atomic mass is 16.1. The summed E-state index contributed by atoms with van der Waals surface area (Å²) in [5.74, 6) is 1.02. The first kappa shape index (κ1) is 30.0. The van der Waals surface area contributed by atoms with Crippen molar-refractivity contribution in [3.63, 3.8) is 0 Å². The molecule has 2 heteroatoms. The number of ketones is 2. The maximum absolute atomic E-state index is 13.1. The van der Waals surface area contributed by atoms with E-state index in [4.69, 9.17) is 0 Å². The number of allylic oxidation sites excluding steroid dienone is 3. The lowest BCUT2D eigenvalue weighted by Crippen LogP contribution is -2.19. The van der Waals surface area contributed by atoms with Gasteiger partial charge < -0.3 is 0 Å². The lowest BCUT2D eigenvalue weighted by Gasteiger charge is -2.20. The van der Waals surface area contributed by atoms with Crippen LogP contribution in [-0.4, -0.2) is 11.6 Å². The van der Waals surface area contributed by atoms with E-state index in [1.165, 1.54) is 47.1 Å². The van der Waals surface area contributed by atoms with Crippen LogP contribution in [0.25, 0.3) is 5.57 Å². The summed E-state index contributed by atoms with van der Waals surface area (Å²) in [5.41, 5.74) is 8.53. The quantitative estimate of drug-likeness (QED) is 0.207. The molecule has 0 spiro atoms. The minimum atomic E-state index is -0.0947. The standard InChI is InChI=1S/C40H46O2/c1-29-10-9-15-38(29)40(42)30(2)34-24-20-32(21-25-34)22-26-37(35-11-5-3-6-12-35)28-33-18-16-31(17-19-33)23-27-39(41)36-13-7-4-8-14-36/h3,5-6,11-12,16-21,24-26,30,36,38H,1,4,7-10,13-15,22-23,27-28H2,2H3/b37-26-/t30?,38-/m1/s1. The van der Waals surface area contributed by atoms with Crippen LogP contribution >= 0.6 is 0 Å². The second-order valence-electron chi connectivity index (χ2n) is 12.6. The number of hydrogen-bond acceptors (Lipinski definition) is 2. The summed E-state index contributed by atoms with van der Waals surface area (Å²) in [5, 5.41) is 0. The van der Waals surface area contributed by atoms with Crippen LogP contribution in [0.3, 0.4) is 0 Å². The van der Waals surface area contributed by atoms with Crippen molar-refractivity contribution >= 4 is 17.1 Å². The highest BCUT2D eigenvalue weighted by Gasteiger charge is 2.30. The number of hydrogen-bond donors (Lipinski definition) is 0. The van der Waals surface area contributed by atoms with Crippen LogP contribution in [0.5, 0.6) is 0 Å². The summed E-state index contributed by atoms with van der Waals surface area (Å²) in [6.45, 7) is 6.18. The maximum atomic E-state index is 13.1. The molecule has 218 valence electrons. The largest absolute Gasteiger partial charge is 0.299 e. The smallest absolute Gasteiger partial charge is 0.147 e. The Morgan fingerprint density at radius 2 is 1.48 bits per heavy atom. The summed E-state index contributed by atoms with van der Waals surface area (Å²) >= 11 is 0. The molecule has 3 aromatic carbocycles. The molecule has 2 aliphatic rings. The molecule has 0 saturated heterocycles. The molecule has 0 aliphatic heterocycles. The van der Waals surface area contributed by atoms with E-state index in [1.807, 2.05) is 6.92 Å². The fourth-order valence-corrected chi connectivity index (χ4v) is 6.79. The first-order valence-electron chi connectivity index (χ1n) is 16.1. The molecular formula is C40H46O2. The Morgan fingerprint density at radius 1 is 0.810 bits per heavy atom. The summed E-state index contributed by atoms with van der Waals surface area (Å²) in [6, 6.07) is 28.1. The van der Waals surface area contributed by atoms with Gasteiger partial charge >= 0.3 is 0 Å². The lowest BCUT2D eigenvalue weighted by molar-refractivity contribution is -0.124. The van der Waals surface area contributed by atoms with E-state index in [2.05, 4.69) is 91.5 Å². The molecule has 0 radical (unpaired) electrons. The third-order valence-corrected chi connectivity index (χ3v) is 9.60. The van der Waals surface area contributed by atoms with Crippen LogP contribution in [0, 0.1) is 11.8 Å². The van der Waals surface area contributed by atoms with Crippen molar-refractivity contribution in [1.29, 1.82) is 0 Å². The molecule has 0 bridgehead atoms. The van der Waals surface area contributed by atoms with E-state index in [1.54, 1.807) is 0 Å². The van der Waals surface area contributed by atoms with Gasteiger partial charge in [-0.3, -0.25) is 9.59 Å². The van der Waals surface area contributed by atoms with Gasteiger partial charge in [-0.2, -0.15) is 0 Å². The van der Waals surface area contributed by atoms with Crippen molar-refractivity contribution in [2.45, 2.75) is 89.9 Å². The first-order valence-corrected chi connectivity index (χ1v) is 16.1. The number of carbonyl (C=O) groups excluding carboxylic acids is 2. The van der Waals surface area contributed by atoms with Crippen LogP contribution in [0.2, 0.25) is 0 Å². The van der Waals surface area contributed by atoms with Gasteiger partial charge in [-0.15, -0.1) is 0 Å². The predicted octanol–water partition coefficient (Wildman–Crippen LogP) is 9.67. The van der Waals surface area contributed by atoms with Crippen LogP contribution in [0.15, 0.2) is 97.1 Å². The van der Waals surface area contributed by atoms with Crippen molar-refractivity contribution in [2.24, 2.45) is 11.8 Å². The molecule has 42 heavy (non-hydrogen) atoms. The van der Waals surface area contributed by atoms with Crippen LogP contribution in [0.1, 0.15) is 98.4 Å². The van der Waals surface area contributed by atoms with Crippen molar-refractivity contribution < 1.29 is 9.59 Å². The number of benzene rings is 3. The van der Waals surface area contributed by atoms with Crippen molar-refractivity contribution in [3.8, 4) is 0 Å². The number of aryl methyl sites for hydroxylation is 1. The number of rotatable bonds is 12. The zero-order valence-electron chi connectivity index (χ0n) is 25.3. The van der Waals surface area contributed by atoms with E-state index >= 15 is 0 Å². The average Bonchev–Trinajstić information content (AvgIpc) is 3.48. The van der Waals surface area contributed by atoms with Crippen molar-refractivity contribution in [2.75, 3.05) is 0 Å². The molecule has 0 aromatic heterocycles. The molecule has 3 aromatic rings. The van der Waals surface area contributed by atoms with Crippen molar-refractivity contribution in [3.05, 3.63) is 125 Å². The summed E-state index contributed by atoms with van der Waals surface area (Å²) in [7, 11) is 0. The van der Waals surface area contributed by atoms with E-state index < -0.39 is 0 Å².